The van der Waals surface area contributed by atoms with E-state index in [0.717, 1.165) is 78.6 Å². The van der Waals surface area contributed by atoms with Gasteiger partial charge in [0.15, 0.2) is 0 Å². The first kappa shape index (κ1) is 34.6. The maximum absolute atomic E-state index is 13.1. The first-order chi connectivity index (χ1) is 21.3. The van der Waals surface area contributed by atoms with E-state index >= 15 is 0 Å². The van der Waals surface area contributed by atoms with Crippen molar-refractivity contribution < 1.29 is 25.9 Å². The lowest BCUT2D eigenvalue weighted by molar-refractivity contribution is 0.393. The summed E-state index contributed by atoms with van der Waals surface area (Å²) in [6, 6.07) is 10.8. The lowest BCUT2D eigenvalue weighted by atomic mass is 10.0. The van der Waals surface area contributed by atoms with Gasteiger partial charge < -0.3 is 9.05 Å². The van der Waals surface area contributed by atoms with Gasteiger partial charge >= 0.3 is 0 Å². The van der Waals surface area contributed by atoms with Gasteiger partial charge in [0.2, 0.25) is 20.0 Å². The van der Waals surface area contributed by atoms with Crippen molar-refractivity contribution in [1.29, 1.82) is 0 Å². The molecule has 0 aliphatic heterocycles. The topological polar surface area (TPSA) is 144 Å². The summed E-state index contributed by atoms with van der Waals surface area (Å²) in [5, 5.41) is 7.96. The number of nitrogens with zero attached hydrogens (tertiary/aromatic N) is 2. The molecule has 0 bridgehead atoms. The Morgan fingerprint density at radius 3 is 1.24 bits per heavy atom. The Morgan fingerprint density at radius 2 is 0.911 bits per heavy atom. The van der Waals surface area contributed by atoms with Gasteiger partial charge in [-0.1, -0.05) is 66.7 Å². The monoisotopic (exact) mass is 656 g/mol. The van der Waals surface area contributed by atoms with Crippen molar-refractivity contribution in [1.82, 2.24) is 19.8 Å². The Labute approximate surface area is 267 Å². The summed E-state index contributed by atoms with van der Waals surface area (Å²) in [6.45, 7) is 11.6. The van der Waals surface area contributed by atoms with Crippen LogP contribution < -0.4 is 9.44 Å². The van der Waals surface area contributed by atoms with Gasteiger partial charge in [0, 0.05) is 24.2 Å². The molecule has 0 aliphatic carbocycles. The molecule has 2 aromatic carbocycles. The van der Waals surface area contributed by atoms with E-state index in [1.165, 1.54) is 0 Å². The van der Waals surface area contributed by atoms with Crippen molar-refractivity contribution >= 4 is 20.0 Å². The molecule has 0 atom stereocenters. The predicted molar refractivity (Wildman–Crippen MR) is 175 cm³/mol. The fourth-order valence-electron chi connectivity index (χ4n) is 5.58. The van der Waals surface area contributed by atoms with Gasteiger partial charge in [-0.2, -0.15) is 0 Å². The molecule has 2 N–H and O–H groups in total. The molecule has 4 rings (SSSR count). The van der Waals surface area contributed by atoms with Crippen LogP contribution in [0.15, 0.2) is 55.2 Å². The molecular weight excluding hydrogens is 613 g/mol. The predicted octanol–water partition coefficient (Wildman–Crippen LogP) is 6.83. The zero-order chi connectivity index (χ0) is 32.8. The molecule has 0 saturated carbocycles. The number of hydrogen-bond acceptors (Lipinski definition) is 8. The van der Waals surface area contributed by atoms with Crippen molar-refractivity contribution in [3.05, 3.63) is 70.4 Å². The largest absolute Gasteiger partial charge is 0.361 e. The maximum atomic E-state index is 13.1. The van der Waals surface area contributed by atoms with Crippen LogP contribution in [-0.2, 0) is 20.0 Å². The summed E-state index contributed by atoms with van der Waals surface area (Å²) in [7, 11) is -7.31. The van der Waals surface area contributed by atoms with Crippen molar-refractivity contribution in [2.24, 2.45) is 0 Å². The molecule has 12 heteroatoms. The molecular formula is C33H44N4O6S2. The molecule has 0 aliphatic rings. The van der Waals surface area contributed by atoms with Crippen LogP contribution in [-0.4, -0.2) is 40.2 Å². The van der Waals surface area contributed by atoms with Crippen LogP contribution in [0.1, 0.15) is 79.0 Å². The van der Waals surface area contributed by atoms with E-state index in [4.69, 9.17) is 9.05 Å². The zero-order valence-corrected chi connectivity index (χ0v) is 28.6. The van der Waals surface area contributed by atoms with E-state index in [-0.39, 0.29) is 9.79 Å². The average molecular weight is 657 g/mol. The Kier molecular flexibility index (Phi) is 11.4. The molecule has 244 valence electrons. The number of aromatic nitrogens is 2. The summed E-state index contributed by atoms with van der Waals surface area (Å²) < 4.78 is 68.2. The molecule has 45 heavy (non-hydrogen) atoms. The second-order valence-corrected chi connectivity index (χ2v) is 15.1. The fourth-order valence-corrected chi connectivity index (χ4v) is 8.27. The standard InChI is InChI=1S/C33H44N4O6S2/c1-22-14-16-28(32-24(3)36-42-26(32)5)20-30(22)44(38,39)34-18-12-10-8-7-9-11-13-19-35-45(40,41)31-21-29(17-15-23(31)2)33-25(4)37-43-27(33)6/h14-17,20-21,34-35H,7-13,18-19H2,1-6H3. The van der Waals surface area contributed by atoms with Gasteiger partial charge in [-0.05, 0) is 88.8 Å². The van der Waals surface area contributed by atoms with Crippen LogP contribution in [0.5, 0.6) is 0 Å². The number of unbranched alkanes of at least 4 members (excludes halogenated alkanes) is 6. The van der Waals surface area contributed by atoms with E-state index in [9.17, 15) is 16.8 Å². The molecule has 0 radical (unpaired) electrons. The summed E-state index contributed by atoms with van der Waals surface area (Å²) in [6.07, 6.45) is 6.30. The smallest absolute Gasteiger partial charge is 0.240 e. The van der Waals surface area contributed by atoms with Crippen molar-refractivity contribution in [3.63, 3.8) is 0 Å². The molecule has 0 amide bonds. The third-order valence-corrected chi connectivity index (χ3v) is 11.2. The van der Waals surface area contributed by atoms with E-state index < -0.39 is 20.0 Å². The summed E-state index contributed by atoms with van der Waals surface area (Å²) >= 11 is 0. The molecule has 0 saturated heterocycles. The minimum atomic E-state index is -3.65. The zero-order valence-electron chi connectivity index (χ0n) is 27.0. The Hall–Kier alpha value is -3.32. The highest BCUT2D eigenvalue weighted by atomic mass is 32.2. The molecule has 2 aromatic heterocycles. The van der Waals surface area contributed by atoms with Gasteiger partial charge in [0.25, 0.3) is 0 Å². The third kappa shape index (κ3) is 8.49. The van der Waals surface area contributed by atoms with Crippen molar-refractivity contribution in [2.75, 3.05) is 13.1 Å². The molecule has 10 nitrogen and oxygen atoms in total. The van der Waals surface area contributed by atoms with Crippen LogP contribution in [0, 0.1) is 41.5 Å². The molecule has 0 fully saturated rings. The van der Waals surface area contributed by atoms with Gasteiger partial charge in [-0.15, -0.1) is 0 Å². The van der Waals surface area contributed by atoms with E-state index in [1.54, 1.807) is 26.0 Å². The highest BCUT2D eigenvalue weighted by molar-refractivity contribution is 7.89. The fraction of sp³-hybridized carbons (Fsp3) is 0.455. The van der Waals surface area contributed by atoms with Gasteiger partial charge in [0.1, 0.15) is 11.5 Å². The second kappa shape index (κ2) is 14.8. The minimum absolute atomic E-state index is 0.263. The molecule has 4 aromatic rings. The summed E-state index contributed by atoms with van der Waals surface area (Å²) in [4.78, 5) is 0.526. The summed E-state index contributed by atoms with van der Waals surface area (Å²) in [5.74, 6) is 1.31. The molecule has 2 heterocycles. The van der Waals surface area contributed by atoms with E-state index in [2.05, 4.69) is 19.8 Å². The highest BCUT2D eigenvalue weighted by Gasteiger charge is 2.21. The van der Waals surface area contributed by atoms with Crippen LogP contribution in [0.3, 0.4) is 0 Å². The third-order valence-electron chi connectivity index (χ3n) is 8.04. The van der Waals surface area contributed by atoms with Crippen LogP contribution in [0.4, 0.5) is 0 Å². The van der Waals surface area contributed by atoms with Gasteiger partial charge in [0.05, 0.1) is 21.2 Å². The number of sulfonamides is 2. The Balaban J connectivity index is 1.15. The average Bonchev–Trinajstić information content (AvgIpc) is 3.51. The van der Waals surface area contributed by atoms with Gasteiger partial charge in [-0.25, -0.2) is 26.3 Å². The normalized spacial score (nSPS) is 12.2. The molecule has 0 unspecified atom stereocenters. The molecule has 0 spiro atoms. The lowest BCUT2D eigenvalue weighted by Gasteiger charge is -2.12. The quantitative estimate of drug-likeness (QED) is 0.125. The second-order valence-electron chi connectivity index (χ2n) is 11.6. The lowest BCUT2D eigenvalue weighted by Crippen LogP contribution is -2.25. The Bertz CT molecular complexity index is 1670. The van der Waals surface area contributed by atoms with Crippen LogP contribution >= 0.6 is 0 Å². The maximum Gasteiger partial charge on any atom is 0.240 e. The van der Waals surface area contributed by atoms with E-state index in [0.29, 0.717) is 35.7 Å². The SMILES string of the molecule is Cc1ccc(-c2c(C)noc2C)cc1S(=O)(=O)NCCCCCCCCCNS(=O)(=O)c1cc(-c2c(C)noc2C)ccc1C. The Morgan fingerprint density at radius 1 is 0.556 bits per heavy atom. The number of rotatable bonds is 16. The van der Waals surface area contributed by atoms with Gasteiger partial charge in [-0.3, -0.25) is 0 Å². The first-order valence-electron chi connectivity index (χ1n) is 15.4. The number of nitrogens with one attached hydrogen (secondary N) is 2. The number of hydrogen-bond donors (Lipinski definition) is 2. The number of benzene rings is 2. The van der Waals surface area contributed by atoms with Crippen molar-refractivity contribution in [2.45, 2.75) is 96.3 Å². The highest BCUT2D eigenvalue weighted by Crippen LogP contribution is 2.31. The van der Waals surface area contributed by atoms with Crippen LogP contribution in [0.2, 0.25) is 0 Å². The van der Waals surface area contributed by atoms with E-state index in [1.807, 2.05) is 52.0 Å². The summed E-state index contributed by atoms with van der Waals surface area (Å²) in [5.41, 5.74) is 5.98. The van der Waals surface area contributed by atoms with Crippen molar-refractivity contribution in [3.8, 4) is 22.3 Å². The minimum Gasteiger partial charge on any atom is -0.361 e. The first-order valence-corrected chi connectivity index (χ1v) is 18.4. The number of aryl methyl sites for hydroxylation is 6. The van der Waals surface area contributed by atoms with Crippen LogP contribution in [0.25, 0.3) is 22.3 Å².